The molecule has 0 radical (unpaired) electrons. The van der Waals surface area contributed by atoms with Crippen LogP contribution in [0.1, 0.15) is 19.3 Å². The van der Waals surface area contributed by atoms with Crippen LogP contribution in [0.4, 0.5) is 5.69 Å². The van der Waals surface area contributed by atoms with Crippen LogP contribution in [0.5, 0.6) is 5.75 Å². The van der Waals surface area contributed by atoms with E-state index in [-0.39, 0.29) is 16.7 Å². The van der Waals surface area contributed by atoms with Gasteiger partial charge in [0.15, 0.2) is 0 Å². The predicted octanol–water partition coefficient (Wildman–Crippen LogP) is 2.78. The SMILES string of the molecule is O=C(CC1CC1)Nc1ccc(O)c(Cl)c1. The normalized spacial score (nSPS) is 15.0. The Kier molecular flexibility index (Phi) is 2.82. The van der Waals surface area contributed by atoms with Gasteiger partial charge in [-0.1, -0.05) is 11.6 Å². The van der Waals surface area contributed by atoms with Gasteiger partial charge in [0, 0.05) is 12.1 Å². The summed E-state index contributed by atoms with van der Waals surface area (Å²) in [6.45, 7) is 0. The van der Waals surface area contributed by atoms with Crippen LogP contribution in [0.25, 0.3) is 0 Å². The first-order chi connectivity index (χ1) is 7.15. The summed E-state index contributed by atoms with van der Waals surface area (Å²) in [5, 5.41) is 12.2. The summed E-state index contributed by atoms with van der Waals surface area (Å²) >= 11 is 5.71. The number of nitrogens with one attached hydrogen (secondary N) is 1. The Labute approximate surface area is 93.1 Å². The van der Waals surface area contributed by atoms with E-state index in [1.807, 2.05) is 0 Å². The first-order valence-electron chi connectivity index (χ1n) is 4.93. The van der Waals surface area contributed by atoms with E-state index in [1.165, 1.54) is 6.07 Å². The Morgan fingerprint density at radius 3 is 2.87 bits per heavy atom. The molecule has 1 amide bonds. The molecule has 0 aliphatic heterocycles. The topological polar surface area (TPSA) is 49.3 Å². The Morgan fingerprint density at radius 1 is 1.53 bits per heavy atom. The van der Waals surface area contributed by atoms with E-state index < -0.39 is 0 Å². The van der Waals surface area contributed by atoms with Gasteiger partial charge in [0.05, 0.1) is 5.02 Å². The van der Waals surface area contributed by atoms with Crippen molar-refractivity contribution in [3.8, 4) is 5.75 Å². The van der Waals surface area contributed by atoms with E-state index in [0.717, 1.165) is 12.8 Å². The number of carbonyl (C=O) groups is 1. The summed E-state index contributed by atoms with van der Waals surface area (Å²) < 4.78 is 0. The monoisotopic (exact) mass is 225 g/mol. The summed E-state index contributed by atoms with van der Waals surface area (Å²) in [5.74, 6) is 0.605. The molecular formula is C11H12ClNO2. The number of anilines is 1. The van der Waals surface area contributed by atoms with Crippen molar-refractivity contribution in [2.45, 2.75) is 19.3 Å². The number of carbonyl (C=O) groups excluding carboxylic acids is 1. The van der Waals surface area contributed by atoms with E-state index in [0.29, 0.717) is 18.0 Å². The van der Waals surface area contributed by atoms with Gasteiger partial charge in [0.1, 0.15) is 5.75 Å². The highest BCUT2D eigenvalue weighted by Gasteiger charge is 2.24. The largest absolute Gasteiger partial charge is 0.506 e. The minimum absolute atomic E-state index is 0.0132. The maximum absolute atomic E-state index is 11.4. The second-order valence-corrected chi connectivity index (χ2v) is 4.27. The number of aromatic hydroxyl groups is 1. The van der Waals surface area contributed by atoms with Gasteiger partial charge in [0.25, 0.3) is 0 Å². The first kappa shape index (κ1) is 10.3. The van der Waals surface area contributed by atoms with Crippen molar-refractivity contribution in [3.05, 3.63) is 23.2 Å². The van der Waals surface area contributed by atoms with Crippen molar-refractivity contribution in [1.82, 2.24) is 0 Å². The Bertz CT molecular complexity index is 388. The molecule has 15 heavy (non-hydrogen) atoms. The number of phenolic OH excluding ortho intramolecular Hbond substituents is 1. The molecule has 3 nitrogen and oxygen atoms in total. The quantitative estimate of drug-likeness (QED) is 0.778. The van der Waals surface area contributed by atoms with Crippen molar-refractivity contribution in [1.29, 1.82) is 0 Å². The molecule has 0 spiro atoms. The molecule has 1 aliphatic rings. The molecule has 4 heteroatoms. The Morgan fingerprint density at radius 2 is 2.27 bits per heavy atom. The zero-order valence-corrected chi connectivity index (χ0v) is 8.92. The molecule has 1 saturated carbocycles. The molecule has 0 unspecified atom stereocenters. The van der Waals surface area contributed by atoms with Crippen molar-refractivity contribution < 1.29 is 9.90 Å². The van der Waals surface area contributed by atoms with Crippen LogP contribution < -0.4 is 5.32 Å². The van der Waals surface area contributed by atoms with Crippen molar-refractivity contribution in [2.24, 2.45) is 5.92 Å². The highest BCUT2D eigenvalue weighted by atomic mass is 35.5. The molecule has 1 aromatic rings. The second kappa shape index (κ2) is 4.11. The summed E-state index contributed by atoms with van der Waals surface area (Å²) in [4.78, 5) is 11.4. The minimum Gasteiger partial charge on any atom is -0.506 e. The molecule has 1 fully saturated rings. The van der Waals surface area contributed by atoms with Crippen LogP contribution in [0.15, 0.2) is 18.2 Å². The summed E-state index contributed by atoms with van der Waals surface area (Å²) in [6, 6.07) is 4.64. The zero-order valence-electron chi connectivity index (χ0n) is 8.16. The van der Waals surface area contributed by atoms with Crippen LogP contribution >= 0.6 is 11.6 Å². The molecule has 0 bridgehead atoms. The number of halogens is 1. The number of amides is 1. The lowest BCUT2D eigenvalue weighted by Gasteiger charge is -2.05. The van der Waals surface area contributed by atoms with Gasteiger partial charge < -0.3 is 10.4 Å². The number of phenols is 1. The lowest BCUT2D eigenvalue weighted by atomic mass is 10.2. The number of hydrogen-bond donors (Lipinski definition) is 2. The standard InChI is InChI=1S/C11H12ClNO2/c12-9-6-8(3-4-10(9)14)13-11(15)5-7-1-2-7/h3-4,6-7,14H,1-2,5H2,(H,13,15). The zero-order chi connectivity index (χ0) is 10.8. The van der Waals surface area contributed by atoms with E-state index in [4.69, 9.17) is 11.6 Å². The first-order valence-corrected chi connectivity index (χ1v) is 5.31. The lowest BCUT2D eigenvalue weighted by Crippen LogP contribution is -2.11. The van der Waals surface area contributed by atoms with Crippen molar-refractivity contribution in [3.63, 3.8) is 0 Å². The molecule has 1 aromatic carbocycles. The van der Waals surface area contributed by atoms with Gasteiger partial charge in [-0.25, -0.2) is 0 Å². The second-order valence-electron chi connectivity index (χ2n) is 3.86. The Hall–Kier alpha value is -1.22. The van der Waals surface area contributed by atoms with Gasteiger partial charge in [-0.2, -0.15) is 0 Å². The maximum Gasteiger partial charge on any atom is 0.224 e. The van der Waals surface area contributed by atoms with Gasteiger partial charge in [-0.3, -0.25) is 4.79 Å². The average molecular weight is 226 g/mol. The third-order valence-corrected chi connectivity index (χ3v) is 2.71. The van der Waals surface area contributed by atoms with E-state index in [1.54, 1.807) is 12.1 Å². The Balaban J connectivity index is 1.97. The molecule has 80 valence electrons. The van der Waals surface area contributed by atoms with Gasteiger partial charge >= 0.3 is 0 Å². The number of benzene rings is 1. The highest BCUT2D eigenvalue weighted by molar-refractivity contribution is 6.32. The van der Waals surface area contributed by atoms with Gasteiger partial charge in [0.2, 0.25) is 5.91 Å². The maximum atomic E-state index is 11.4. The fourth-order valence-corrected chi connectivity index (χ4v) is 1.56. The predicted molar refractivity (Wildman–Crippen MR) is 59.1 cm³/mol. The molecule has 0 saturated heterocycles. The van der Waals surface area contributed by atoms with E-state index in [9.17, 15) is 9.90 Å². The van der Waals surface area contributed by atoms with E-state index in [2.05, 4.69) is 5.32 Å². The number of hydrogen-bond acceptors (Lipinski definition) is 2. The fraction of sp³-hybridized carbons (Fsp3) is 0.364. The third kappa shape index (κ3) is 2.86. The summed E-state index contributed by atoms with van der Waals surface area (Å²) in [6.07, 6.45) is 2.89. The lowest BCUT2D eigenvalue weighted by molar-refractivity contribution is -0.116. The molecule has 2 N–H and O–H groups in total. The van der Waals surface area contributed by atoms with Crippen LogP contribution in [0, 0.1) is 5.92 Å². The molecule has 0 aromatic heterocycles. The van der Waals surface area contributed by atoms with Crippen LogP contribution in [-0.4, -0.2) is 11.0 Å². The van der Waals surface area contributed by atoms with Crippen molar-refractivity contribution >= 4 is 23.2 Å². The molecule has 2 rings (SSSR count). The average Bonchev–Trinajstić information content (AvgIpc) is 2.95. The van der Waals surface area contributed by atoms with Gasteiger partial charge in [-0.05, 0) is 37.0 Å². The molecular weight excluding hydrogens is 214 g/mol. The minimum atomic E-state index is 0.0132. The van der Waals surface area contributed by atoms with Crippen molar-refractivity contribution in [2.75, 3.05) is 5.32 Å². The summed E-state index contributed by atoms with van der Waals surface area (Å²) in [5.41, 5.74) is 0.628. The smallest absolute Gasteiger partial charge is 0.224 e. The molecule has 0 heterocycles. The van der Waals surface area contributed by atoms with Crippen LogP contribution in [-0.2, 0) is 4.79 Å². The highest BCUT2D eigenvalue weighted by Crippen LogP contribution is 2.33. The summed E-state index contributed by atoms with van der Waals surface area (Å²) in [7, 11) is 0. The van der Waals surface area contributed by atoms with Crippen LogP contribution in [0.2, 0.25) is 5.02 Å². The fourth-order valence-electron chi connectivity index (χ4n) is 1.38. The third-order valence-electron chi connectivity index (χ3n) is 2.40. The molecule has 1 aliphatic carbocycles. The molecule has 0 atom stereocenters. The number of rotatable bonds is 3. The van der Waals surface area contributed by atoms with Crippen LogP contribution in [0.3, 0.4) is 0 Å². The van der Waals surface area contributed by atoms with E-state index >= 15 is 0 Å². The van der Waals surface area contributed by atoms with Gasteiger partial charge in [-0.15, -0.1) is 0 Å².